The van der Waals surface area contributed by atoms with E-state index in [-0.39, 0.29) is 30.3 Å². The fraction of sp³-hybridized carbons (Fsp3) is 0.731. The van der Waals surface area contributed by atoms with Gasteiger partial charge in [-0.15, -0.1) is 11.8 Å². The van der Waals surface area contributed by atoms with Crippen LogP contribution < -0.4 is 0 Å². The number of thioether (sulfide) groups is 1. The maximum Gasteiger partial charge on any atom is 0.311 e. The SMILES string of the molecule is CCCCN1CC=C[C@]23S[C@]4(C)C=CCCOC(=O)[C@@H]4[C@H]2C(=O)N([C@@H](CO)CC(C)C)C3C1=O. The third kappa shape index (κ3) is 4.00. The summed E-state index contributed by atoms with van der Waals surface area (Å²) in [5.41, 5.74) is 0. The Bertz CT molecular complexity index is 888. The summed E-state index contributed by atoms with van der Waals surface area (Å²) in [6.45, 7) is 9.36. The molecule has 2 fully saturated rings. The number of esters is 1. The first kappa shape index (κ1) is 25.3. The number of carbonyl (C=O) groups is 3. The summed E-state index contributed by atoms with van der Waals surface area (Å²) in [6.07, 6.45) is 11.2. The Labute approximate surface area is 206 Å². The number of rotatable bonds is 7. The van der Waals surface area contributed by atoms with Crippen LogP contribution in [0.3, 0.4) is 0 Å². The highest BCUT2D eigenvalue weighted by Crippen LogP contribution is 2.65. The van der Waals surface area contributed by atoms with E-state index in [0.29, 0.717) is 32.5 Å². The number of aliphatic hydroxyl groups excluding tert-OH is 1. The van der Waals surface area contributed by atoms with Gasteiger partial charge in [-0.05, 0) is 32.1 Å². The Balaban J connectivity index is 1.86. The molecule has 6 atom stereocenters. The molecule has 188 valence electrons. The lowest BCUT2D eigenvalue weighted by Gasteiger charge is -2.40. The average Bonchev–Trinajstić information content (AvgIpc) is 3.11. The second-order valence-electron chi connectivity index (χ2n) is 10.6. The third-order valence-electron chi connectivity index (χ3n) is 7.67. The zero-order chi connectivity index (χ0) is 24.7. The molecule has 4 aliphatic heterocycles. The first-order chi connectivity index (χ1) is 16.2. The van der Waals surface area contributed by atoms with Crippen molar-refractivity contribution in [3.63, 3.8) is 0 Å². The van der Waals surface area contributed by atoms with Gasteiger partial charge in [0, 0.05) is 17.8 Å². The highest BCUT2D eigenvalue weighted by Gasteiger charge is 2.74. The minimum absolute atomic E-state index is 0.0841. The summed E-state index contributed by atoms with van der Waals surface area (Å²) in [5.74, 6) is -1.83. The van der Waals surface area contributed by atoms with E-state index in [2.05, 4.69) is 6.92 Å². The van der Waals surface area contributed by atoms with E-state index in [1.54, 1.807) is 16.7 Å². The number of carbonyl (C=O) groups excluding carboxylic acids is 3. The van der Waals surface area contributed by atoms with Crippen LogP contribution in [0.4, 0.5) is 0 Å². The standard InChI is InChI=1S/C26H38N2O5S/c1-5-6-12-27-13-9-11-26-19(20-24(32)33-14-8-7-10-25(20,4)34-26)22(30)28(21(26)23(27)31)18(16-29)15-17(2)3/h7,9-11,17-21,29H,5-6,8,12-16H2,1-4H3/t18-,19+,20+,21?,25-,26+/m1/s1. The Morgan fingerprint density at radius 1 is 1.18 bits per heavy atom. The molecule has 7 nitrogen and oxygen atoms in total. The lowest BCUT2D eigenvalue weighted by atomic mass is 9.74. The summed E-state index contributed by atoms with van der Waals surface area (Å²) < 4.78 is 4.03. The van der Waals surface area contributed by atoms with Gasteiger partial charge in [0.1, 0.15) is 6.04 Å². The normalized spacial score (nSPS) is 36.1. The van der Waals surface area contributed by atoms with Crippen molar-refractivity contribution in [1.82, 2.24) is 9.80 Å². The van der Waals surface area contributed by atoms with E-state index in [1.807, 2.05) is 50.0 Å². The van der Waals surface area contributed by atoms with Gasteiger partial charge in [0.2, 0.25) is 11.8 Å². The highest BCUT2D eigenvalue weighted by molar-refractivity contribution is 8.02. The van der Waals surface area contributed by atoms with Crippen LogP contribution in [0.25, 0.3) is 0 Å². The molecular formula is C26H38N2O5S. The van der Waals surface area contributed by atoms with Crippen LogP contribution in [-0.4, -0.2) is 80.6 Å². The van der Waals surface area contributed by atoms with Crippen LogP contribution in [0.15, 0.2) is 24.3 Å². The molecule has 1 spiro atoms. The van der Waals surface area contributed by atoms with Crippen molar-refractivity contribution in [2.45, 2.75) is 75.0 Å². The smallest absolute Gasteiger partial charge is 0.311 e. The predicted molar refractivity (Wildman–Crippen MR) is 132 cm³/mol. The van der Waals surface area contributed by atoms with Gasteiger partial charge in [0.05, 0.1) is 35.8 Å². The van der Waals surface area contributed by atoms with Gasteiger partial charge < -0.3 is 19.6 Å². The fourth-order valence-corrected chi connectivity index (χ4v) is 8.38. The monoisotopic (exact) mass is 490 g/mol. The van der Waals surface area contributed by atoms with E-state index in [9.17, 15) is 19.5 Å². The van der Waals surface area contributed by atoms with Crippen LogP contribution in [0.5, 0.6) is 0 Å². The topological polar surface area (TPSA) is 87.2 Å². The Kier molecular flexibility index (Phi) is 7.21. The van der Waals surface area contributed by atoms with Crippen LogP contribution in [0.1, 0.15) is 53.4 Å². The third-order valence-corrected chi connectivity index (χ3v) is 9.47. The number of hydrogen-bond acceptors (Lipinski definition) is 6. The molecular weight excluding hydrogens is 452 g/mol. The molecule has 1 unspecified atom stereocenters. The van der Waals surface area contributed by atoms with Gasteiger partial charge in [-0.2, -0.15) is 0 Å². The second-order valence-corrected chi connectivity index (χ2v) is 12.4. The molecule has 4 rings (SSSR count). The maximum atomic E-state index is 14.2. The number of hydrogen-bond donors (Lipinski definition) is 1. The molecule has 4 aliphatic rings. The van der Waals surface area contributed by atoms with Crippen molar-refractivity contribution >= 4 is 29.5 Å². The molecule has 0 saturated carbocycles. The minimum Gasteiger partial charge on any atom is -0.465 e. The predicted octanol–water partition coefficient (Wildman–Crippen LogP) is 2.78. The summed E-state index contributed by atoms with van der Waals surface area (Å²) in [7, 11) is 0. The summed E-state index contributed by atoms with van der Waals surface area (Å²) >= 11 is 1.56. The van der Waals surface area contributed by atoms with Gasteiger partial charge in [-0.3, -0.25) is 14.4 Å². The first-order valence-corrected chi connectivity index (χ1v) is 13.5. The van der Waals surface area contributed by atoms with E-state index in [1.165, 1.54) is 0 Å². The first-order valence-electron chi connectivity index (χ1n) is 12.6. The van der Waals surface area contributed by atoms with Crippen LogP contribution in [-0.2, 0) is 19.1 Å². The van der Waals surface area contributed by atoms with Crippen molar-refractivity contribution in [2.75, 3.05) is 26.3 Å². The number of cyclic esters (lactones) is 1. The number of aliphatic hydroxyl groups is 1. The van der Waals surface area contributed by atoms with E-state index < -0.39 is 33.4 Å². The largest absolute Gasteiger partial charge is 0.465 e. The zero-order valence-corrected chi connectivity index (χ0v) is 21.6. The van der Waals surface area contributed by atoms with Gasteiger partial charge >= 0.3 is 5.97 Å². The number of nitrogens with zero attached hydrogens (tertiary/aromatic N) is 2. The molecule has 0 aromatic heterocycles. The van der Waals surface area contributed by atoms with E-state index in [4.69, 9.17) is 4.74 Å². The summed E-state index contributed by atoms with van der Waals surface area (Å²) in [4.78, 5) is 45.1. The number of unbranched alkanes of at least 4 members (excludes halogenated alkanes) is 1. The Morgan fingerprint density at radius 2 is 1.94 bits per heavy atom. The van der Waals surface area contributed by atoms with Crippen LogP contribution in [0, 0.1) is 17.8 Å². The van der Waals surface area contributed by atoms with Crippen molar-refractivity contribution in [2.24, 2.45) is 17.8 Å². The lowest BCUT2D eigenvalue weighted by Crippen LogP contribution is -2.57. The molecule has 0 bridgehead atoms. The minimum atomic E-state index is -0.882. The van der Waals surface area contributed by atoms with Gasteiger partial charge in [-0.25, -0.2) is 0 Å². The van der Waals surface area contributed by atoms with E-state index >= 15 is 0 Å². The number of amides is 2. The summed E-state index contributed by atoms with van der Waals surface area (Å²) in [5, 5.41) is 10.3. The van der Waals surface area contributed by atoms with Gasteiger partial charge in [0.25, 0.3) is 0 Å². The molecule has 8 heteroatoms. The number of fused-ring (bicyclic) bond motifs is 2. The zero-order valence-electron chi connectivity index (χ0n) is 20.7. The van der Waals surface area contributed by atoms with Crippen molar-refractivity contribution in [3.8, 4) is 0 Å². The van der Waals surface area contributed by atoms with Gasteiger partial charge in [-0.1, -0.05) is 51.5 Å². The van der Waals surface area contributed by atoms with Crippen molar-refractivity contribution in [3.05, 3.63) is 24.3 Å². The molecule has 1 N–H and O–H groups in total. The number of ether oxygens (including phenoxy) is 1. The second kappa shape index (κ2) is 9.69. The van der Waals surface area contributed by atoms with Crippen LogP contribution in [0.2, 0.25) is 0 Å². The molecule has 0 aromatic carbocycles. The molecule has 0 aromatic rings. The van der Waals surface area contributed by atoms with E-state index in [0.717, 1.165) is 12.8 Å². The quantitative estimate of drug-likeness (QED) is 0.436. The molecule has 0 aliphatic carbocycles. The maximum absolute atomic E-state index is 14.2. The lowest BCUT2D eigenvalue weighted by molar-refractivity contribution is -0.155. The molecule has 2 amide bonds. The summed E-state index contributed by atoms with van der Waals surface area (Å²) in [6, 6.07) is -1.23. The van der Waals surface area contributed by atoms with Gasteiger partial charge in [0.15, 0.2) is 0 Å². The van der Waals surface area contributed by atoms with Crippen molar-refractivity contribution < 1.29 is 24.2 Å². The highest BCUT2D eigenvalue weighted by atomic mass is 32.2. The fourth-order valence-electron chi connectivity index (χ4n) is 6.24. The average molecular weight is 491 g/mol. The number of likely N-dealkylation sites (tertiary alicyclic amines) is 1. The van der Waals surface area contributed by atoms with Crippen molar-refractivity contribution in [1.29, 1.82) is 0 Å². The molecule has 0 radical (unpaired) electrons. The molecule has 2 saturated heterocycles. The molecule has 34 heavy (non-hydrogen) atoms. The Morgan fingerprint density at radius 3 is 2.62 bits per heavy atom. The molecule has 4 heterocycles. The Hall–Kier alpha value is -1.80. The van der Waals surface area contributed by atoms with Crippen LogP contribution >= 0.6 is 11.8 Å².